The van der Waals surface area contributed by atoms with Gasteiger partial charge in [0.1, 0.15) is 0 Å². The zero-order valence-corrected chi connectivity index (χ0v) is 9.51. The number of ether oxygens (including phenoxy) is 1. The zero-order chi connectivity index (χ0) is 10.2. The van der Waals surface area contributed by atoms with Crippen LogP contribution in [0.25, 0.3) is 0 Å². The van der Waals surface area contributed by atoms with Gasteiger partial charge in [0.15, 0.2) is 0 Å². The highest BCUT2D eigenvalue weighted by molar-refractivity contribution is 4.79. The van der Waals surface area contributed by atoms with Crippen molar-refractivity contribution in [3.8, 4) is 0 Å². The third-order valence-electron chi connectivity index (χ3n) is 3.09. The normalized spacial score (nSPS) is 27.9. The summed E-state index contributed by atoms with van der Waals surface area (Å²) in [7, 11) is 3.83. The molecule has 1 aliphatic rings. The van der Waals surface area contributed by atoms with Gasteiger partial charge in [-0.2, -0.15) is 0 Å². The lowest BCUT2D eigenvalue weighted by Crippen LogP contribution is -2.39. The predicted octanol–water partition coefficient (Wildman–Crippen LogP) is 1.14. The summed E-state index contributed by atoms with van der Waals surface area (Å²) < 4.78 is 5.02. The molecule has 2 N–H and O–H groups in total. The second kappa shape index (κ2) is 7.21. The van der Waals surface area contributed by atoms with Crippen LogP contribution in [0.1, 0.15) is 32.1 Å². The Morgan fingerprint density at radius 1 is 1.14 bits per heavy atom. The molecule has 0 heterocycles. The van der Waals surface area contributed by atoms with Crippen LogP contribution >= 0.6 is 0 Å². The van der Waals surface area contributed by atoms with Crippen molar-refractivity contribution >= 4 is 0 Å². The van der Waals surface area contributed by atoms with Crippen molar-refractivity contribution in [3.05, 3.63) is 0 Å². The fourth-order valence-corrected chi connectivity index (χ4v) is 2.11. The first kappa shape index (κ1) is 12.0. The summed E-state index contributed by atoms with van der Waals surface area (Å²) >= 11 is 0. The fraction of sp³-hybridized carbons (Fsp3) is 1.00. The van der Waals surface area contributed by atoms with E-state index in [0.29, 0.717) is 0 Å². The molecule has 0 aliphatic heterocycles. The lowest BCUT2D eigenvalue weighted by molar-refractivity contribution is 0.191. The topological polar surface area (TPSA) is 33.3 Å². The molecule has 0 atom stereocenters. The molecule has 1 saturated carbocycles. The van der Waals surface area contributed by atoms with Crippen molar-refractivity contribution in [1.82, 2.24) is 10.6 Å². The molecule has 1 rings (SSSR count). The van der Waals surface area contributed by atoms with Gasteiger partial charge in [0.2, 0.25) is 0 Å². The third-order valence-corrected chi connectivity index (χ3v) is 3.09. The molecule has 0 bridgehead atoms. The summed E-state index contributed by atoms with van der Waals surface area (Å²) in [5.41, 5.74) is 0. The van der Waals surface area contributed by atoms with Gasteiger partial charge in [-0.3, -0.25) is 0 Å². The Morgan fingerprint density at radius 3 is 2.36 bits per heavy atom. The van der Waals surface area contributed by atoms with Crippen molar-refractivity contribution in [2.45, 2.75) is 44.2 Å². The first-order chi connectivity index (χ1) is 6.86. The van der Waals surface area contributed by atoms with Gasteiger partial charge in [0, 0.05) is 25.8 Å². The summed E-state index contributed by atoms with van der Waals surface area (Å²) in [5, 5.41) is 6.95. The van der Waals surface area contributed by atoms with E-state index in [2.05, 4.69) is 17.7 Å². The zero-order valence-electron chi connectivity index (χ0n) is 9.51. The van der Waals surface area contributed by atoms with E-state index in [4.69, 9.17) is 4.74 Å². The first-order valence-electron chi connectivity index (χ1n) is 5.76. The Kier molecular flexibility index (Phi) is 6.15. The van der Waals surface area contributed by atoms with Gasteiger partial charge >= 0.3 is 0 Å². The fourth-order valence-electron chi connectivity index (χ4n) is 2.11. The van der Waals surface area contributed by atoms with Crippen LogP contribution in [0.2, 0.25) is 0 Å². The van der Waals surface area contributed by atoms with Crippen molar-refractivity contribution in [1.29, 1.82) is 0 Å². The Labute approximate surface area is 87.6 Å². The van der Waals surface area contributed by atoms with Crippen molar-refractivity contribution < 1.29 is 4.74 Å². The van der Waals surface area contributed by atoms with E-state index < -0.39 is 0 Å². The second-order valence-electron chi connectivity index (χ2n) is 4.14. The molecule has 0 radical (unpaired) electrons. The summed E-state index contributed by atoms with van der Waals surface area (Å²) in [5.74, 6) is 0. The maximum absolute atomic E-state index is 5.02. The van der Waals surface area contributed by atoms with Crippen LogP contribution in [0.15, 0.2) is 0 Å². The average molecular weight is 200 g/mol. The van der Waals surface area contributed by atoms with Crippen molar-refractivity contribution in [2.24, 2.45) is 0 Å². The van der Waals surface area contributed by atoms with Gasteiger partial charge in [-0.15, -0.1) is 0 Å². The lowest BCUT2D eigenvalue weighted by atomic mass is 9.91. The molecular formula is C11H24N2O. The molecule has 0 aromatic carbocycles. The second-order valence-corrected chi connectivity index (χ2v) is 4.14. The predicted molar refractivity (Wildman–Crippen MR) is 59.6 cm³/mol. The summed E-state index contributed by atoms with van der Waals surface area (Å²) in [6.45, 7) is 1.97. The van der Waals surface area contributed by atoms with Crippen LogP contribution in [-0.2, 0) is 4.74 Å². The maximum Gasteiger partial charge on any atom is 0.0474 e. The van der Waals surface area contributed by atoms with Gasteiger partial charge in [-0.1, -0.05) is 0 Å². The number of nitrogens with one attached hydrogen (secondary N) is 2. The van der Waals surface area contributed by atoms with E-state index in [1.165, 1.54) is 25.7 Å². The molecule has 0 aromatic rings. The average Bonchev–Trinajstić information content (AvgIpc) is 2.25. The van der Waals surface area contributed by atoms with Crippen molar-refractivity contribution in [3.63, 3.8) is 0 Å². The minimum atomic E-state index is 0.747. The molecule has 1 fully saturated rings. The van der Waals surface area contributed by atoms with Crippen molar-refractivity contribution in [2.75, 3.05) is 27.3 Å². The minimum absolute atomic E-state index is 0.747. The first-order valence-corrected chi connectivity index (χ1v) is 5.76. The lowest BCUT2D eigenvalue weighted by Gasteiger charge is -2.28. The maximum atomic E-state index is 5.02. The monoisotopic (exact) mass is 200 g/mol. The largest absolute Gasteiger partial charge is 0.385 e. The quantitative estimate of drug-likeness (QED) is 0.631. The molecular weight excluding hydrogens is 176 g/mol. The highest BCUT2D eigenvalue weighted by atomic mass is 16.5. The van der Waals surface area contributed by atoms with Crippen LogP contribution in [0.3, 0.4) is 0 Å². The van der Waals surface area contributed by atoms with Crippen LogP contribution in [0.4, 0.5) is 0 Å². The van der Waals surface area contributed by atoms with Crippen LogP contribution in [-0.4, -0.2) is 39.4 Å². The van der Waals surface area contributed by atoms with Crippen LogP contribution < -0.4 is 10.6 Å². The van der Waals surface area contributed by atoms with E-state index in [1.807, 2.05) is 0 Å². The number of hydrogen-bond donors (Lipinski definition) is 2. The molecule has 1 aliphatic carbocycles. The smallest absolute Gasteiger partial charge is 0.0474 e. The van der Waals surface area contributed by atoms with E-state index in [-0.39, 0.29) is 0 Å². The highest BCUT2D eigenvalue weighted by Crippen LogP contribution is 2.17. The van der Waals surface area contributed by atoms with Gasteiger partial charge in [-0.25, -0.2) is 0 Å². The molecule has 0 saturated heterocycles. The standard InChI is InChI=1S/C11H24N2O/c1-12-10-4-6-11(7-5-10)13-8-3-9-14-2/h10-13H,3-9H2,1-2H3. The van der Waals surface area contributed by atoms with E-state index in [0.717, 1.165) is 31.7 Å². The molecule has 84 valence electrons. The Hall–Kier alpha value is -0.120. The molecule has 0 amide bonds. The van der Waals surface area contributed by atoms with Crippen LogP contribution in [0, 0.1) is 0 Å². The molecule has 3 heteroatoms. The van der Waals surface area contributed by atoms with Gasteiger partial charge in [0.05, 0.1) is 0 Å². The Balaban J connectivity index is 1.98. The van der Waals surface area contributed by atoms with E-state index in [1.54, 1.807) is 7.11 Å². The number of methoxy groups -OCH3 is 1. The summed E-state index contributed by atoms with van der Waals surface area (Å²) in [6, 6.07) is 1.50. The van der Waals surface area contributed by atoms with E-state index >= 15 is 0 Å². The minimum Gasteiger partial charge on any atom is -0.385 e. The van der Waals surface area contributed by atoms with Gasteiger partial charge in [-0.05, 0) is 45.7 Å². The molecule has 14 heavy (non-hydrogen) atoms. The van der Waals surface area contributed by atoms with E-state index in [9.17, 15) is 0 Å². The molecule has 0 aromatic heterocycles. The van der Waals surface area contributed by atoms with Crippen LogP contribution in [0.5, 0.6) is 0 Å². The SMILES string of the molecule is CNC1CCC(NCCCOC)CC1. The number of hydrogen-bond acceptors (Lipinski definition) is 3. The Bertz CT molecular complexity index is 133. The Morgan fingerprint density at radius 2 is 1.79 bits per heavy atom. The third kappa shape index (κ3) is 4.40. The molecule has 3 nitrogen and oxygen atoms in total. The molecule has 0 unspecified atom stereocenters. The summed E-state index contributed by atoms with van der Waals surface area (Å²) in [6.07, 6.45) is 6.40. The van der Waals surface area contributed by atoms with Gasteiger partial charge < -0.3 is 15.4 Å². The molecule has 0 spiro atoms. The van der Waals surface area contributed by atoms with Gasteiger partial charge in [0.25, 0.3) is 0 Å². The summed E-state index contributed by atoms with van der Waals surface area (Å²) in [4.78, 5) is 0. The number of rotatable bonds is 6. The highest BCUT2D eigenvalue weighted by Gasteiger charge is 2.18.